The SMILES string of the molecule is O=C(O)CC1(C(=O)O)CC(=O)OB([C@H](CC2CC2)NC(=O)[C@H](Cc2ccccc2)NP)O1. The number of carbonyl (C=O) groups is 4. The fraction of sp³-hybridized carbons (Fsp3) is 0.500. The number of rotatable bonds is 11. The number of carboxylic acids is 2. The van der Waals surface area contributed by atoms with Crippen molar-refractivity contribution in [2.75, 3.05) is 0 Å². The Hall–Kier alpha value is -2.49. The lowest BCUT2D eigenvalue weighted by Crippen LogP contribution is -2.62. The molecule has 1 aliphatic carbocycles. The summed E-state index contributed by atoms with van der Waals surface area (Å²) < 4.78 is 10.8. The first-order valence-corrected chi connectivity index (χ1v) is 10.9. The van der Waals surface area contributed by atoms with Gasteiger partial charge in [0.2, 0.25) is 5.91 Å². The van der Waals surface area contributed by atoms with Gasteiger partial charge in [-0.1, -0.05) is 52.6 Å². The molecule has 1 heterocycles. The molecular formula is C20H26BN2O8P. The second-order valence-electron chi connectivity index (χ2n) is 8.23. The van der Waals surface area contributed by atoms with Gasteiger partial charge in [0.15, 0.2) is 5.60 Å². The van der Waals surface area contributed by atoms with Gasteiger partial charge in [-0.2, -0.15) is 0 Å². The Labute approximate surface area is 187 Å². The second kappa shape index (κ2) is 10.4. The molecule has 1 aromatic rings. The highest BCUT2D eigenvalue weighted by molar-refractivity contribution is 7.13. The minimum absolute atomic E-state index is 0.278. The van der Waals surface area contributed by atoms with E-state index >= 15 is 0 Å². The third-order valence-electron chi connectivity index (χ3n) is 5.59. The summed E-state index contributed by atoms with van der Waals surface area (Å²) in [4.78, 5) is 48.3. The van der Waals surface area contributed by atoms with Crippen molar-refractivity contribution >= 4 is 40.3 Å². The molecule has 1 aromatic carbocycles. The summed E-state index contributed by atoms with van der Waals surface area (Å²) in [5.41, 5.74) is -1.31. The topological polar surface area (TPSA) is 151 Å². The largest absolute Gasteiger partial charge is 0.552 e. The zero-order valence-corrected chi connectivity index (χ0v) is 18.5. The van der Waals surface area contributed by atoms with E-state index in [4.69, 9.17) is 14.4 Å². The number of carbonyl (C=O) groups excluding carboxylic acids is 2. The molecule has 1 aliphatic heterocycles. The highest BCUT2D eigenvalue weighted by Crippen LogP contribution is 2.36. The standard InChI is InChI=1S/C20H26BN2O8P/c24-16(25)10-20(19(28)29)11-17(26)30-21(31-20)15(9-13-6-7-13)22-18(27)14(23-32)8-12-4-2-1-3-5-12/h1-5,13-15,23H,6-11,32H2,(H,22,27)(H,24,25)(H,28,29)/t14-,15-,20?/m0/s1. The second-order valence-corrected chi connectivity index (χ2v) is 8.56. The van der Waals surface area contributed by atoms with Gasteiger partial charge in [0.05, 0.1) is 24.8 Å². The first-order chi connectivity index (χ1) is 15.2. The Morgan fingerprint density at radius 3 is 2.47 bits per heavy atom. The summed E-state index contributed by atoms with van der Waals surface area (Å²) in [5, 5.41) is 24.5. The van der Waals surface area contributed by atoms with Crippen LogP contribution in [0.1, 0.15) is 37.7 Å². The van der Waals surface area contributed by atoms with Gasteiger partial charge in [-0.05, 0) is 24.3 Å². The van der Waals surface area contributed by atoms with E-state index in [1.807, 2.05) is 30.3 Å². The number of benzene rings is 1. The van der Waals surface area contributed by atoms with Crippen molar-refractivity contribution < 1.29 is 38.7 Å². The molecule has 0 spiro atoms. The van der Waals surface area contributed by atoms with Crippen LogP contribution in [0.15, 0.2) is 30.3 Å². The lowest BCUT2D eigenvalue weighted by molar-refractivity contribution is -0.175. The zero-order chi connectivity index (χ0) is 23.3. The number of amides is 1. The van der Waals surface area contributed by atoms with Crippen molar-refractivity contribution in [2.24, 2.45) is 5.92 Å². The number of hydrogen-bond acceptors (Lipinski definition) is 7. The smallest absolute Gasteiger partial charge is 0.508 e. The molecule has 4 atom stereocenters. The summed E-state index contributed by atoms with van der Waals surface area (Å²) in [6.45, 7) is 0. The normalized spacial score (nSPS) is 22.5. The van der Waals surface area contributed by atoms with Crippen LogP contribution < -0.4 is 10.4 Å². The van der Waals surface area contributed by atoms with Gasteiger partial charge in [0.1, 0.15) is 0 Å². The van der Waals surface area contributed by atoms with Gasteiger partial charge in [0, 0.05) is 0 Å². The van der Waals surface area contributed by atoms with Crippen molar-refractivity contribution in [3.63, 3.8) is 0 Å². The van der Waals surface area contributed by atoms with Crippen LogP contribution in [0.3, 0.4) is 0 Å². The fourth-order valence-electron chi connectivity index (χ4n) is 3.72. The maximum atomic E-state index is 13.0. The van der Waals surface area contributed by atoms with Crippen LogP contribution in [0.2, 0.25) is 0 Å². The Morgan fingerprint density at radius 2 is 1.91 bits per heavy atom. The average Bonchev–Trinajstić information content (AvgIpc) is 3.55. The lowest BCUT2D eigenvalue weighted by atomic mass is 9.71. The third kappa shape index (κ3) is 6.28. The van der Waals surface area contributed by atoms with Gasteiger partial charge >= 0.3 is 19.1 Å². The summed E-state index contributed by atoms with van der Waals surface area (Å²) in [5.74, 6) is -4.78. The van der Waals surface area contributed by atoms with Crippen LogP contribution in [0.25, 0.3) is 0 Å². The van der Waals surface area contributed by atoms with Gasteiger partial charge in [-0.25, -0.2) is 4.79 Å². The van der Waals surface area contributed by atoms with Gasteiger partial charge in [0.25, 0.3) is 5.97 Å². The molecular weight excluding hydrogens is 438 g/mol. The van der Waals surface area contributed by atoms with Gasteiger partial charge < -0.3 is 24.8 Å². The Kier molecular flexibility index (Phi) is 7.87. The number of hydrogen-bond donors (Lipinski definition) is 4. The number of carboxylic acid groups (broad SMARTS) is 2. The van der Waals surface area contributed by atoms with Crippen LogP contribution in [0.5, 0.6) is 0 Å². The lowest BCUT2D eigenvalue weighted by Gasteiger charge is -2.37. The minimum Gasteiger partial charge on any atom is -0.508 e. The van der Waals surface area contributed by atoms with E-state index in [-0.39, 0.29) is 11.8 Å². The van der Waals surface area contributed by atoms with E-state index in [0.29, 0.717) is 12.8 Å². The minimum atomic E-state index is -2.25. The molecule has 32 heavy (non-hydrogen) atoms. The first-order valence-electron chi connectivity index (χ1n) is 10.4. The molecule has 0 bridgehead atoms. The van der Waals surface area contributed by atoms with Crippen molar-refractivity contribution in [1.29, 1.82) is 0 Å². The summed E-state index contributed by atoms with van der Waals surface area (Å²) in [6.07, 6.45) is 1.06. The molecule has 172 valence electrons. The van der Waals surface area contributed by atoms with Crippen molar-refractivity contribution in [3.05, 3.63) is 35.9 Å². The maximum Gasteiger partial charge on any atom is 0.552 e. The van der Waals surface area contributed by atoms with Crippen molar-refractivity contribution in [2.45, 2.75) is 56.1 Å². The van der Waals surface area contributed by atoms with Gasteiger partial charge in [-0.3, -0.25) is 19.5 Å². The van der Waals surface area contributed by atoms with E-state index in [1.165, 1.54) is 0 Å². The van der Waals surface area contributed by atoms with E-state index in [2.05, 4.69) is 19.8 Å². The molecule has 12 heteroatoms. The molecule has 3 rings (SSSR count). The predicted octanol–water partition coefficient (Wildman–Crippen LogP) is 0.551. The average molecular weight is 464 g/mol. The zero-order valence-electron chi connectivity index (χ0n) is 17.4. The van der Waals surface area contributed by atoms with Gasteiger partial charge in [-0.15, -0.1) is 0 Å². The Morgan fingerprint density at radius 1 is 1.22 bits per heavy atom. The van der Waals surface area contributed by atoms with Crippen LogP contribution in [-0.2, 0) is 34.9 Å². The van der Waals surface area contributed by atoms with E-state index in [1.54, 1.807) is 0 Å². The van der Waals surface area contributed by atoms with E-state index in [9.17, 15) is 24.3 Å². The highest BCUT2D eigenvalue weighted by Gasteiger charge is 2.55. The third-order valence-corrected chi connectivity index (χ3v) is 5.99. The Bertz CT molecular complexity index is 864. The van der Waals surface area contributed by atoms with Crippen LogP contribution in [-0.4, -0.2) is 58.7 Å². The van der Waals surface area contributed by atoms with Crippen LogP contribution >= 0.6 is 9.39 Å². The van der Waals surface area contributed by atoms with Crippen LogP contribution in [0.4, 0.5) is 0 Å². The molecule has 0 radical (unpaired) electrons. The van der Waals surface area contributed by atoms with E-state index in [0.717, 1.165) is 18.4 Å². The maximum absolute atomic E-state index is 13.0. The van der Waals surface area contributed by atoms with Crippen molar-refractivity contribution in [1.82, 2.24) is 10.4 Å². The Balaban J connectivity index is 1.77. The molecule has 2 unspecified atom stereocenters. The summed E-state index contributed by atoms with van der Waals surface area (Å²) in [7, 11) is 0.905. The van der Waals surface area contributed by atoms with Crippen molar-refractivity contribution in [3.8, 4) is 0 Å². The summed E-state index contributed by atoms with van der Waals surface area (Å²) >= 11 is 0. The number of aliphatic carboxylic acids is 2. The first kappa shape index (κ1) is 24.2. The molecule has 4 N–H and O–H groups in total. The molecule has 1 saturated carbocycles. The number of nitrogens with one attached hydrogen (secondary N) is 2. The predicted molar refractivity (Wildman–Crippen MR) is 116 cm³/mol. The summed E-state index contributed by atoms with van der Waals surface area (Å²) in [6, 6.07) is 8.77. The monoisotopic (exact) mass is 464 g/mol. The van der Waals surface area contributed by atoms with E-state index < -0.39 is 55.5 Å². The molecule has 1 amide bonds. The quantitative estimate of drug-likeness (QED) is 0.272. The van der Waals surface area contributed by atoms with Crippen LogP contribution in [0, 0.1) is 5.92 Å². The molecule has 1 saturated heterocycles. The molecule has 0 aromatic heterocycles. The molecule has 2 fully saturated rings. The molecule has 10 nitrogen and oxygen atoms in total. The molecule has 2 aliphatic rings. The fourth-order valence-corrected chi connectivity index (χ4v) is 3.99. The highest BCUT2D eigenvalue weighted by atomic mass is 31.0.